The Morgan fingerprint density at radius 3 is 1.97 bits per heavy atom. The van der Waals surface area contributed by atoms with Crippen LogP contribution in [0.15, 0.2) is 42.5 Å². The lowest BCUT2D eigenvalue weighted by atomic mass is 9.84. The van der Waals surface area contributed by atoms with Gasteiger partial charge in [0.05, 0.1) is 0 Å². The molecular weight excluding hydrogens is 382 g/mol. The van der Waals surface area contributed by atoms with Crippen molar-refractivity contribution in [3.05, 3.63) is 53.6 Å². The summed E-state index contributed by atoms with van der Waals surface area (Å²) < 4.78 is 0. The van der Waals surface area contributed by atoms with Crippen LogP contribution in [-0.2, 0) is 9.59 Å². The number of amides is 1. The van der Waals surface area contributed by atoms with Gasteiger partial charge in [-0.15, -0.1) is 0 Å². The second-order valence-electron chi connectivity index (χ2n) is 7.53. The molecule has 1 amide bonds. The second-order valence-corrected chi connectivity index (χ2v) is 7.53. The molecule has 2 aromatic carbocycles. The lowest BCUT2D eigenvalue weighted by Crippen LogP contribution is -2.21. The molecule has 156 valence electrons. The monoisotopic (exact) mass is 407 g/mol. The van der Waals surface area contributed by atoms with Crippen molar-refractivity contribution in [2.75, 3.05) is 5.32 Å². The molecule has 0 heterocycles. The summed E-state index contributed by atoms with van der Waals surface area (Å²) in [7, 11) is 0. The predicted octanol–water partition coefficient (Wildman–Crippen LogP) is 4.88. The quantitative estimate of drug-likeness (QED) is 0.432. The lowest BCUT2D eigenvalue weighted by molar-refractivity contribution is -0.137. The molecule has 0 saturated carbocycles. The average molecular weight is 407 g/mol. The Hall–Kier alpha value is -3.28. The van der Waals surface area contributed by atoms with Crippen LogP contribution < -0.4 is 5.32 Å². The maximum absolute atomic E-state index is 12.5. The van der Waals surface area contributed by atoms with Gasteiger partial charge in [0.1, 0.15) is 0 Å². The van der Waals surface area contributed by atoms with Gasteiger partial charge >= 0.3 is 5.97 Å². The molecule has 0 radical (unpaired) electrons. The van der Waals surface area contributed by atoms with Crippen LogP contribution in [-0.4, -0.2) is 28.5 Å². The molecule has 0 bridgehead atoms. The predicted molar refractivity (Wildman–Crippen MR) is 114 cm³/mol. The summed E-state index contributed by atoms with van der Waals surface area (Å²) in [5, 5.41) is 11.4. The van der Waals surface area contributed by atoms with E-state index in [0.717, 1.165) is 37.7 Å². The zero-order valence-electron chi connectivity index (χ0n) is 16.8. The van der Waals surface area contributed by atoms with Crippen LogP contribution in [0.4, 0.5) is 5.69 Å². The number of anilines is 1. The lowest BCUT2D eigenvalue weighted by Gasteiger charge is -2.18. The van der Waals surface area contributed by atoms with Gasteiger partial charge in [0.2, 0.25) is 17.5 Å². The van der Waals surface area contributed by atoms with E-state index in [2.05, 4.69) is 5.32 Å². The van der Waals surface area contributed by atoms with Gasteiger partial charge in [-0.1, -0.05) is 56.0 Å². The normalized spacial score (nSPS) is 12.3. The fraction of sp³-hybridized carbons (Fsp3) is 0.333. The number of carboxylic acid groups (broad SMARTS) is 1. The summed E-state index contributed by atoms with van der Waals surface area (Å²) in [5.41, 5.74) is 2.68. The number of benzene rings is 2. The third-order valence-electron chi connectivity index (χ3n) is 5.26. The molecule has 2 N–H and O–H groups in total. The number of ketones is 2. The molecule has 2 aromatic rings. The highest BCUT2D eigenvalue weighted by molar-refractivity contribution is 6.53. The summed E-state index contributed by atoms with van der Waals surface area (Å²) >= 11 is 0. The standard InChI is InChI=1S/C24H25NO5/c26-21(11-5-3-1-2-4-6-12-22(27)28)25-16-13-14-18-17-9-7-8-10-19(17)23(29)24(30)20(18)15-16/h7-10,13-15H,1-6,11-12H2,(H,25,26)(H,27,28). The van der Waals surface area contributed by atoms with E-state index in [1.165, 1.54) is 0 Å². The number of rotatable bonds is 10. The fourth-order valence-electron chi connectivity index (χ4n) is 3.70. The summed E-state index contributed by atoms with van der Waals surface area (Å²) in [6, 6.07) is 12.1. The largest absolute Gasteiger partial charge is 0.481 e. The van der Waals surface area contributed by atoms with Gasteiger partial charge < -0.3 is 10.4 Å². The third kappa shape index (κ3) is 5.20. The van der Waals surface area contributed by atoms with Crippen LogP contribution in [0.5, 0.6) is 0 Å². The molecule has 0 unspecified atom stereocenters. The summed E-state index contributed by atoms with van der Waals surface area (Å²) in [4.78, 5) is 47.5. The van der Waals surface area contributed by atoms with Crippen LogP contribution in [0, 0.1) is 0 Å². The maximum Gasteiger partial charge on any atom is 0.303 e. The number of unbranched alkanes of at least 4 members (excludes halogenated alkanes) is 5. The molecule has 0 saturated heterocycles. The van der Waals surface area contributed by atoms with Gasteiger partial charge in [-0.3, -0.25) is 19.2 Å². The Morgan fingerprint density at radius 1 is 0.700 bits per heavy atom. The molecule has 1 aliphatic carbocycles. The van der Waals surface area contributed by atoms with Crippen molar-refractivity contribution in [3.8, 4) is 11.1 Å². The molecule has 6 nitrogen and oxygen atoms in total. The zero-order chi connectivity index (χ0) is 21.5. The van der Waals surface area contributed by atoms with Crippen LogP contribution in [0.1, 0.15) is 72.1 Å². The first kappa shape index (κ1) is 21.4. The molecule has 6 heteroatoms. The fourth-order valence-corrected chi connectivity index (χ4v) is 3.70. The summed E-state index contributed by atoms with van der Waals surface area (Å²) in [6.07, 6.45) is 5.78. The first-order valence-electron chi connectivity index (χ1n) is 10.3. The highest BCUT2D eigenvalue weighted by Gasteiger charge is 2.30. The number of hydrogen-bond acceptors (Lipinski definition) is 4. The molecule has 0 aliphatic heterocycles. The van der Waals surface area contributed by atoms with Crippen molar-refractivity contribution in [1.82, 2.24) is 0 Å². The minimum atomic E-state index is -0.760. The number of hydrogen-bond donors (Lipinski definition) is 2. The maximum atomic E-state index is 12.5. The molecule has 0 aromatic heterocycles. The second kappa shape index (κ2) is 9.96. The van der Waals surface area contributed by atoms with E-state index in [-0.39, 0.29) is 12.3 Å². The molecule has 30 heavy (non-hydrogen) atoms. The van der Waals surface area contributed by atoms with Gasteiger partial charge in [-0.25, -0.2) is 0 Å². The van der Waals surface area contributed by atoms with E-state index < -0.39 is 17.5 Å². The SMILES string of the molecule is O=C(O)CCCCCCCCC(=O)Nc1ccc2c(c1)C(=O)C(=O)c1ccccc1-2. The summed E-state index contributed by atoms with van der Waals surface area (Å²) in [5.74, 6) is -1.97. The van der Waals surface area contributed by atoms with Crippen molar-refractivity contribution in [3.63, 3.8) is 0 Å². The zero-order valence-corrected chi connectivity index (χ0v) is 16.8. The van der Waals surface area contributed by atoms with Crippen molar-refractivity contribution in [2.45, 2.75) is 51.4 Å². The van der Waals surface area contributed by atoms with E-state index in [1.807, 2.05) is 12.1 Å². The molecule has 3 rings (SSSR count). The highest BCUT2D eigenvalue weighted by atomic mass is 16.4. The molecule has 0 fully saturated rings. The van der Waals surface area contributed by atoms with Gasteiger partial charge in [-0.2, -0.15) is 0 Å². The van der Waals surface area contributed by atoms with E-state index in [4.69, 9.17) is 5.11 Å². The molecule has 0 spiro atoms. The Morgan fingerprint density at radius 2 is 1.27 bits per heavy atom. The number of nitrogens with one attached hydrogen (secondary N) is 1. The third-order valence-corrected chi connectivity index (χ3v) is 5.26. The van der Waals surface area contributed by atoms with Crippen molar-refractivity contribution >= 4 is 29.1 Å². The minimum Gasteiger partial charge on any atom is -0.481 e. The Kier molecular flexibility index (Phi) is 7.12. The topological polar surface area (TPSA) is 101 Å². The number of fused-ring (bicyclic) bond motifs is 3. The van der Waals surface area contributed by atoms with Gasteiger partial charge in [-0.05, 0) is 36.1 Å². The van der Waals surface area contributed by atoms with Gasteiger partial charge in [0.25, 0.3) is 0 Å². The number of Topliss-reactive ketones (excluding diaryl/α,β-unsaturated/α-hetero) is 2. The van der Waals surface area contributed by atoms with E-state index >= 15 is 0 Å². The van der Waals surface area contributed by atoms with Gasteiger partial charge in [0.15, 0.2) is 0 Å². The molecule has 0 atom stereocenters. The first-order valence-corrected chi connectivity index (χ1v) is 10.3. The van der Waals surface area contributed by atoms with Gasteiger partial charge in [0, 0.05) is 29.7 Å². The number of carboxylic acids is 1. The Bertz CT molecular complexity index is 979. The van der Waals surface area contributed by atoms with E-state index in [1.54, 1.807) is 30.3 Å². The average Bonchev–Trinajstić information content (AvgIpc) is 2.73. The Balaban J connectivity index is 1.50. The smallest absolute Gasteiger partial charge is 0.303 e. The van der Waals surface area contributed by atoms with Crippen LogP contribution in [0.2, 0.25) is 0 Å². The first-order chi connectivity index (χ1) is 14.5. The Labute approximate surface area is 175 Å². The van der Waals surface area contributed by atoms with Crippen LogP contribution >= 0.6 is 0 Å². The van der Waals surface area contributed by atoms with E-state index in [9.17, 15) is 19.2 Å². The number of carbonyl (C=O) groups is 4. The minimum absolute atomic E-state index is 0.129. The molecule has 1 aliphatic rings. The molecular formula is C24H25NO5. The van der Waals surface area contributed by atoms with Crippen molar-refractivity contribution < 1.29 is 24.3 Å². The van der Waals surface area contributed by atoms with Crippen molar-refractivity contribution in [2.24, 2.45) is 0 Å². The number of carbonyl (C=O) groups excluding carboxylic acids is 3. The van der Waals surface area contributed by atoms with Crippen molar-refractivity contribution in [1.29, 1.82) is 0 Å². The van der Waals surface area contributed by atoms with E-state index in [0.29, 0.717) is 35.2 Å². The van der Waals surface area contributed by atoms with Crippen LogP contribution in [0.25, 0.3) is 11.1 Å². The van der Waals surface area contributed by atoms with Crippen LogP contribution in [0.3, 0.4) is 0 Å². The highest BCUT2D eigenvalue weighted by Crippen LogP contribution is 2.34. The summed E-state index contributed by atoms with van der Waals surface area (Å²) in [6.45, 7) is 0. The number of aliphatic carboxylic acids is 1.